The van der Waals surface area contributed by atoms with Crippen LogP contribution in [0, 0.1) is 0 Å². The van der Waals surface area contributed by atoms with Crippen LogP contribution in [0.1, 0.15) is 51.4 Å². The molecule has 0 aromatic heterocycles. The van der Waals surface area contributed by atoms with Crippen LogP contribution in [0.15, 0.2) is 48.6 Å². The minimum absolute atomic E-state index is 0. The van der Waals surface area contributed by atoms with E-state index in [1.54, 1.807) is 0 Å². The molecule has 2 rings (SSSR count). The zero-order valence-corrected chi connectivity index (χ0v) is 31.1. The molecule has 0 bridgehead atoms. The van der Waals surface area contributed by atoms with E-state index in [1.807, 2.05) is 0 Å². The molecule has 282 valence electrons. The van der Waals surface area contributed by atoms with Crippen LogP contribution in [0.25, 0.3) is 0 Å². The maximum absolute atomic E-state index is 10.7. The Kier molecular flexibility index (Phi) is 41.2. The van der Waals surface area contributed by atoms with Crippen molar-refractivity contribution in [2.24, 2.45) is 0 Å². The smallest absolute Gasteiger partial charge is 0.870 e. The fraction of sp³-hybridized carbons (Fsp3) is 0.600. The molecule has 1 N–H and O–H groups in total. The molecule has 0 aromatic rings. The fourth-order valence-corrected chi connectivity index (χ4v) is 1.71. The Morgan fingerprint density at radius 1 is 0.435 bits per heavy atom. The quantitative estimate of drug-likeness (QED) is 0.0823. The van der Waals surface area contributed by atoms with Gasteiger partial charge in [0.15, 0.2) is 30.4 Å². The molecule has 0 saturated carbocycles. The van der Waals surface area contributed by atoms with Crippen molar-refractivity contribution >= 4 is 53.6 Å². The average molecular weight is 1160 g/mol. The molecular formula is C20H27Cl2F9O10Pt2S3. The third-order valence-electron chi connectivity index (χ3n) is 3.52. The van der Waals surface area contributed by atoms with Gasteiger partial charge in [0.25, 0.3) is 0 Å². The number of allylic oxidation sites excluding steroid dienone is 8. The normalized spacial score (nSPS) is 17.4. The SMILES string of the molecule is C1=C\CC/C=C\CC/1.C1=C\CC/C=C\CC/1.ClCCl.O=S(=O)([O-])C(F)(F)F.O=S(=O)([O-])C(F)(F)F.O=S(=O)([O-])C(F)(F)F.[OH-].[Pt+2].[Pt+2]. The van der Waals surface area contributed by atoms with Crippen molar-refractivity contribution in [3.8, 4) is 0 Å². The summed E-state index contributed by atoms with van der Waals surface area (Å²) >= 11 is 9.53. The van der Waals surface area contributed by atoms with Gasteiger partial charge in [0.2, 0.25) is 0 Å². The molecule has 10 nitrogen and oxygen atoms in total. The molecule has 0 fully saturated rings. The number of halogens is 11. The van der Waals surface area contributed by atoms with Gasteiger partial charge < -0.3 is 19.1 Å². The minimum atomic E-state index is -6.09. The monoisotopic (exact) mass is 1150 g/mol. The van der Waals surface area contributed by atoms with E-state index in [1.165, 1.54) is 51.4 Å². The Morgan fingerprint density at radius 3 is 0.543 bits per heavy atom. The van der Waals surface area contributed by atoms with Gasteiger partial charge in [0.05, 0.1) is 5.34 Å². The molecule has 0 amide bonds. The number of alkyl halides is 11. The van der Waals surface area contributed by atoms with Crippen molar-refractivity contribution in [1.82, 2.24) is 0 Å². The van der Waals surface area contributed by atoms with E-state index < -0.39 is 46.9 Å². The van der Waals surface area contributed by atoms with Crippen LogP contribution >= 0.6 is 23.2 Å². The summed E-state index contributed by atoms with van der Waals surface area (Å²) in [5, 5.41) is 0.194. The van der Waals surface area contributed by atoms with Gasteiger partial charge in [-0.15, -0.1) is 23.2 Å². The summed E-state index contributed by atoms with van der Waals surface area (Å²) in [5.74, 6) is 0. The summed E-state index contributed by atoms with van der Waals surface area (Å²) in [6.45, 7) is 0. The number of rotatable bonds is 0. The molecule has 46 heavy (non-hydrogen) atoms. The Balaban J connectivity index is -0.0000000796. The molecule has 0 spiro atoms. The summed E-state index contributed by atoms with van der Waals surface area (Å²) in [5.41, 5.74) is -16.9. The molecule has 0 atom stereocenters. The molecule has 0 unspecified atom stereocenters. The first-order valence-electron chi connectivity index (χ1n) is 10.9. The van der Waals surface area contributed by atoms with Crippen LogP contribution in [0.2, 0.25) is 0 Å². The summed E-state index contributed by atoms with van der Waals surface area (Å²) in [4.78, 5) is 0. The molecule has 0 aromatic carbocycles. The second-order valence-corrected chi connectivity index (χ2v) is 11.9. The van der Waals surface area contributed by atoms with Crippen molar-refractivity contribution in [2.75, 3.05) is 5.34 Å². The van der Waals surface area contributed by atoms with E-state index in [9.17, 15) is 39.5 Å². The van der Waals surface area contributed by atoms with E-state index in [2.05, 4.69) is 48.6 Å². The Bertz CT molecular complexity index is 995. The maximum atomic E-state index is 10.7. The van der Waals surface area contributed by atoms with Crippen molar-refractivity contribution in [2.45, 2.75) is 67.9 Å². The van der Waals surface area contributed by atoms with Crippen LogP contribution in [0.3, 0.4) is 0 Å². The zero-order valence-electron chi connectivity index (χ0n) is 22.6. The van der Waals surface area contributed by atoms with Crippen LogP contribution in [0.5, 0.6) is 0 Å². The third-order valence-corrected chi connectivity index (χ3v) is 5.22. The molecule has 0 aliphatic heterocycles. The zero-order chi connectivity index (χ0) is 35.0. The molecule has 0 heterocycles. The summed E-state index contributed by atoms with van der Waals surface area (Å²) in [6.07, 6.45) is 28.0. The second-order valence-electron chi connectivity index (χ2n) is 7.00. The van der Waals surface area contributed by atoms with E-state index in [0.717, 1.165) is 0 Å². The maximum Gasteiger partial charge on any atom is 2.00 e. The summed E-state index contributed by atoms with van der Waals surface area (Å²) in [6, 6.07) is 0. The van der Waals surface area contributed by atoms with Crippen LogP contribution in [-0.4, -0.2) is 66.3 Å². The molecule has 0 radical (unpaired) electrons. The molecule has 2 aliphatic carbocycles. The van der Waals surface area contributed by atoms with Crippen LogP contribution < -0.4 is 0 Å². The number of hydrogen-bond acceptors (Lipinski definition) is 10. The van der Waals surface area contributed by atoms with E-state index >= 15 is 0 Å². The van der Waals surface area contributed by atoms with Gasteiger partial charge in [-0.2, -0.15) is 39.5 Å². The standard InChI is InChI=1S/2C8H12.CH2Cl2.3CHF3O3S.H2O.2Pt/c2*1-2-4-6-8-7-5-3-1;2-1-3;3*2-1(3,4)8(5,6)7;;;/h2*1-2,7-8H,3-6H2;1H2;3*(H,5,6,7);1H2;;/q;;;;;;;2*+2/p-4/b2*2-1-,8-7-;;;;;;;. The molecule has 2 aliphatic rings. The second kappa shape index (κ2) is 31.0. The van der Waals surface area contributed by atoms with Crippen LogP contribution in [-0.2, 0) is 72.5 Å². The summed E-state index contributed by atoms with van der Waals surface area (Å²) < 4.78 is 177. The van der Waals surface area contributed by atoms with Crippen molar-refractivity contribution in [1.29, 1.82) is 0 Å². The molecule has 26 heteroatoms. The molecule has 0 saturated heterocycles. The van der Waals surface area contributed by atoms with Gasteiger partial charge >= 0.3 is 58.7 Å². The van der Waals surface area contributed by atoms with Crippen LogP contribution in [0.4, 0.5) is 39.5 Å². The third kappa shape index (κ3) is 44.0. The fourth-order valence-electron chi connectivity index (χ4n) is 1.71. The predicted molar refractivity (Wildman–Crippen MR) is 139 cm³/mol. The van der Waals surface area contributed by atoms with Gasteiger partial charge in [0.1, 0.15) is 0 Å². The first kappa shape index (κ1) is 61.2. The molecular weight excluding hydrogens is 1130 g/mol. The van der Waals surface area contributed by atoms with E-state index in [4.69, 9.17) is 62.1 Å². The van der Waals surface area contributed by atoms with Gasteiger partial charge in [0, 0.05) is 0 Å². The topological polar surface area (TPSA) is 202 Å². The summed E-state index contributed by atoms with van der Waals surface area (Å²) in [7, 11) is -18.3. The van der Waals surface area contributed by atoms with Crippen molar-refractivity contribution in [3.63, 3.8) is 0 Å². The number of hydrogen-bond donors (Lipinski definition) is 0. The van der Waals surface area contributed by atoms with Gasteiger partial charge in [-0.25, -0.2) is 25.3 Å². The largest absolute Gasteiger partial charge is 2.00 e. The Labute approximate surface area is 299 Å². The Hall–Kier alpha value is -0.0234. The van der Waals surface area contributed by atoms with Gasteiger partial charge in [-0.1, -0.05) is 48.6 Å². The average Bonchev–Trinajstić information content (AvgIpc) is 2.71. The van der Waals surface area contributed by atoms with Gasteiger partial charge in [-0.3, -0.25) is 0 Å². The minimum Gasteiger partial charge on any atom is -0.870 e. The predicted octanol–water partition coefficient (Wildman–Crippen LogP) is 6.74. The first-order chi connectivity index (χ1) is 19.2. The van der Waals surface area contributed by atoms with E-state index in [-0.39, 0.29) is 52.9 Å². The van der Waals surface area contributed by atoms with E-state index in [0.29, 0.717) is 0 Å². The Morgan fingerprint density at radius 2 is 0.500 bits per heavy atom. The van der Waals surface area contributed by atoms with Gasteiger partial charge in [-0.05, 0) is 51.4 Å². The first-order valence-corrected chi connectivity index (χ1v) is 16.2. The van der Waals surface area contributed by atoms with Crippen molar-refractivity contribution in [3.05, 3.63) is 48.6 Å². The van der Waals surface area contributed by atoms with Crippen molar-refractivity contribution < 1.29 is 126 Å².